The summed E-state index contributed by atoms with van der Waals surface area (Å²) < 4.78 is 18.3. The van der Waals surface area contributed by atoms with E-state index < -0.39 is 0 Å². The third-order valence-corrected chi connectivity index (χ3v) is 5.75. The van der Waals surface area contributed by atoms with Crippen molar-refractivity contribution in [2.45, 2.75) is 0 Å². The number of methoxy groups -OCH3 is 2. The summed E-state index contributed by atoms with van der Waals surface area (Å²) in [6, 6.07) is 14.6. The molecular formula is C22H18BrN3O4S. The van der Waals surface area contributed by atoms with Gasteiger partial charge in [0.25, 0.3) is 0 Å². The maximum absolute atomic E-state index is 10.0. The lowest BCUT2D eigenvalue weighted by Crippen LogP contribution is -2.11. The number of halogens is 1. The fourth-order valence-electron chi connectivity index (χ4n) is 2.82. The van der Waals surface area contributed by atoms with Gasteiger partial charge in [-0.25, -0.2) is 9.67 Å². The van der Waals surface area contributed by atoms with Crippen LogP contribution in [0.2, 0.25) is 0 Å². The molecule has 4 rings (SSSR count). The van der Waals surface area contributed by atoms with Crippen LogP contribution in [-0.2, 0) is 0 Å². The zero-order valence-corrected chi connectivity index (χ0v) is 19.1. The molecule has 0 spiro atoms. The summed E-state index contributed by atoms with van der Waals surface area (Å²) in [5.74, 6) is 1.77. The molecule has 1 N–H and O–H groups in total. The van der Waals surface area contributed by atoms with E-state index in [2.05, 4.69) is 21.0 Å². The molecule has 0 bridgehead atoms. The van der Waals surface area contributed by atoms with Crippen LogP contribution in [0.5, 0.6) is 17.2 Å². The molecule has 2 aromatic carbocycles. The van der Waals surface area contributed by atoms with Crippen molar-refractivity contribution in [3.8, 4) is 28.7 Å². The highest BCUT2D eigenvalue weighted by Crippen LogP contribution is 2.34. The maximum atomic E-state index is 10.0. The largest absolute Gasteiger partial charge is 0.503 e. The van der Waals surface area contributed by atoms with Crippen molar-refractivity contribution in [3.05, 3.63) is 75.0 Å². The highest BCUT2D eigenvalue weighted by atomic mass is 79.9. The van der Waals surface area contributed by atoms with Gasteiger partial charge in [-0.3, -0.25) is 0 Å². The van der Waals surface area contributed by atoms with Gasteiger partial charge in [0.2, 0.25) is 4.80 Å². The number of benzene rings is 2. The second kappa shape index (κ2) is 9.23. The van der Waals surface area contributed by atoms with Crippen LogP contribution in [-0.4, -0.2) is 30.2 Å². The predicted molar refractivity (Wildman–Crippen MR) is 124 cm³/mol. The predicted octanol–water partition coefficient (Wildman–Crippen LogP) is 5.41. The number of furan rings is 1. The van der Waals surface area contributed by atoms with E-state index in [-0.39, 0.29) is 5.75 Å². The number of phenolic OH excluding ortho intramolecular Hbond substituents is 1. The second-order valence-electron chi connectivity index (χ2n) is 6.30. The first-order valence-corrected chi connectivity index (χ1v) is 10.8. The Hall–Kier alpha value is -3.30. The minimum absolute atomic E-state index is 0.0350. The first kappa shape index (κ1) is 21.0. The zero-order chi connectivity index (χ0) is 21.8. The second-order valence-corrected chi connectivity index (χ2v) is 7.99. The van der Waals surface area contributed by atoms with Crippen molar-refractivity contribution in [2.75, 3.05) is 14.2 Å². The average Bonchev–Trinajstić information content (AvgIpc) is 3.44. The SMILES string of the molecule is COc1cccc(N=c2scc(-c3ccco3)n2N=Cc2cc(Br)c(O)c(OC)c2)c1. The molecule has 0 aliphatic carbocycles. The number of thiazole rings is 1. The van der Waals surface area contributed by atoms with Gasteiger partial charge in [-0.1, -0.05) is 6.07 Å². The Labute approximate surface area is 190 Å². The van der Waals surface area contributed by atoms with Crippen LogP contribution < -0.4 is 14.3 Å². The molecule has 0 fully saturated rings. The van der Waals surface area contributed by atoms with Crippen LogP contribution in [0.4, 0.5) is 5.69 Å². The first-order valence-electron chi connectivity index (χ1n) is 9.13. The highest BCUT2D eigenvalue weighted by Gasteiger charge is 2.11. The van der Waals surface area contributed by atoms with Gasteiger partial charge in [0.15, 0.2) is 17.3 Å². The van der Waals surface area contributed by atoms with E-state index in [9.17, 15) is 5.11 Å². The molecule has 2 aromatic heterocycles. The molecule has 0 unspecified atom stereocenters. The molecular weight excluding hydrogens is 482 g/mol. The van der Waals surface area contributed by atoms with E-state index in [1.165, 1.54) is 18.4 Å². The number of aromatic hydroxyl groups is 1. The third-order valence-electron chi connectivity index (χ3n) is 4.33. The number of hydrogen-bond donors (Lipinski definition) is 1. The molecule has 0 atom stereocenters. The quantitative estimate of drug-likeness (QED) is 0.359. The molecule has 0 amide bonds. The lowest BCUT2D eigenvalue weighted by Gasteiger charge is -2.06. The van der Waals surface area contributed by atoms with Gasteiger partial charge in [0.05, 0.1) is 36.9 Å². The van der Waals surface area contributed by atoms with Crippen molar-refractivity contribution in [3.63, 3.8) is 0 Å². The Kier molecular flexibility index (Phi) is 6.24. The molecule has 31 heavy (non-hydrogen) atoms. The van der Waals surface area contributed by atoms with E-state index in [1.54, 1.807) is 36.4 Å². The van der Waals surface area contributed by atoms with Gasteiger partial charge in [0.1, 0.15) is 11.4 Å². The Morgan fingerprint density at radius 3 is 2.74 bits per heavy atom. The summed E-state index contributed by atoms with van der Waals surface area (Å²) in [5, 5.41) is 16.6. The number of aromatic nitrogens is 1. The van der Waals surface area contributed by atoms with Crippen LogP contribution in [0.3, 0.4) is 0 Å². The standard InChI is InChI=1S/C22H18BrN3O4S/c1-28-16-6-3-5-15(11-16)25-22-26(18(13-31-22)19-7-4-8-30-19)24-12-14-9-17(23)21(27)20(10-14)29-2/h3-13,27H,1-2H3. The van der Waals surface area contributed by atoms with Crippen molar-refractivity contribution >= 4 is 39.2 Å². The summed E-state index contributed by atoms with van der Waals surface area (Å²) in [7, 11) is 3.12. The Morgan fingerprint density at radius 1 is 1.13 bits per heavy atom. The first-order chi connectivity index (χ1) is 15.1. The molecule has 158 valence electrons. The fraction of sp³-hybridized carbons (Fsp3) is 0.0909. The van der Waals surface area contributed by atoms with Gasteiger partial charge in [-0.05, 0) is 57.9 Å². The number of phenols is 1. The Balaban J connectivity index is 1.82. The van der Waals surface area contributed by atoms with Crippen molar-refractivity contribution in [1.29, 1.82) is 0 Å². The van der Waals surface area contributed by atoms with Crippen molar-refractivity contribution in [2.24, 2.45) is 10.1 Å². The monoisotopic (exact) mass is 499 g/mol. The van der Waals surface area contributed by atoms with Crippen molar-refractivity contribution in [1.82, 2.24) is 4.68 Å². The van der Waals surface area contributed by atoms with E-state index in [4.69, 9.17) is 18.9 Å². The molecule has 2 heterocycles. The zero-order valence-electron chi connectivity index (χ0n) is 16.7. The molecule has 7 nitrogen and oxygen atoms in total. The smallest absolute Gasteiger partial charge is 0.211 e. The number of ether oxygens (including phenoxy) is 2. The lowest BCUT2D eigenvalue weighted by molar-refractivity contribution is 0.372. The Morgan fingerprint density at radius 2 is 2.00 bits per heavy atom. The summed E-state index contributed by atoms with van der Waals surface area (Å²) in [4.78, 5) is 5.38. The summed E-state index contributed by atoms with van der Waals surface area (Å²) in [5.41, 5.74) is 2.24. The molecule has 9 heteroatoms. The lowest BCUT2D eigenvalue weighted by atomic mass is 10.2. The topological polar surface area (TPSA) is 81.5 Å². The molecule has 0 saturated carbocycles. The van der Waals surface area contributed by atoms with E-state index >= 15 is 0 Å². The van der Waals surface area contributed by atoms with Gasteiger partial charge in [-0.2, -0.15) is 5.10 Å². The van der Waals surface area contributed by atoms with Gasteiger partial charge >= 0.3 is 0 Å². The van der Waals surface area contributed by atoms with Crippen LogP contribution in [0.1, 0.15) is 5.56 Å². The maximum Gasteiger partial charge on any atom is 0.211 e. The number of rotatable bonds is 6. The summed E-state index contributed by atoms with van der Waals surface area (Å²) >= 11 is 4.77. The number of nitrogens with zero attached hydrogens (tertiary/aromatic N) is 3. The molecule has 0 radical (unpaired) electrons. The van der Waals surface area contributed by atoms with E-state index in [1.807, 2.05) is 41.8 Å². The molecule has 0 aliphatic heterocycles. The Bertz CT molecular complexity index is 1290. The minimum Gasteiger partial charge on any atom is -0.503 e. The third kappa shape index (κ3) is 4.57. The van der Waals surface area contributed by atoms with Crippen LogP contribution in [0.25, 0.3) is 11.5 Å². The van der Waals surface area contributed by atoms with Crippen LogP contribution >= 0.6 is 27.3 Å². The average molecular weight is 500 g/mol. The minimum atomic E-state index is 0.0350. The van der Waals surface area contributed by atoms with Crippen LogP contribution in [0.15, 0.2) is 79.2 Å². The van der Waals surface area contributed by atoms with Crippen LogP contribution in [0, 0.1) is 0 Å². The van der Waals surface area contributed by atoms with Crippen molar-refractivity contribution < 1.29 is 19.0 Å². The van der Waals surface area contributed by atoms with Gasteiger partial charge in [0, 0.05) is 11.4 Å². The number of hydrogen-bond acceptors (Lipinski definition) is 7. The summed E-state index contributed by atoms with van der Waals surface area (Å²) in [6.07, 6.45) is 3.28. The van der Waals surface area contributed by atoms with Gasteiger partial charge < -0.3 is 19.0 Å². The fourth-order valence-corrected chi connectivity index (χ4v) is 4.12. The van der Waals surface area contributed by atoms with Gasteiger partial charge in [-0.15, -0.1) is 11.3 Å². The highest BCUT2D eigenvalue weighted by molar-refractivity contribution is 9.10. The molecule has 4 aromatic rings. The van der Waals surface area contributed by atoms with E-state index in [0.717, 1.165) is 22.7 Å². The summed E-state index contributed by atoms with van der Waals surface area (Å²) in [6.45, 7) is 0. The molecule has 0 saturated heterocycles. The van der Waals surface area contributed by atoms with E-state index in [0.29, 0.717) is 20.8 Å². The normalized spacial score (nSPS) is 11.9. The molecule has 0 aliphatic rings.